The molecule has 1 aliphatic heterocycles. The molecule has 4 aromatic rings. The number of nitrogens with zero attached hydrogens (tertiary/aromatic N) is 4. The highest BCUT2D eigenvalue weighted by Crippen LogP contribution is 2.41. The van der Waals surface area contributed by atoms with Crippen LogP contribution in [-0.2, 0) is 28.3 Å². The van der Waals surface area contributed by atoms with E-state index in [9.17, 15) is 12.8 Å². The number of sulfone groups is 1. The van der Waals surface area contributed by atoms with Crippen LogP contribution in [0.4, 0.5) is 10.1 Å². The molecule has 0 fully saturated rings. The molecule has 0 bridgehead atoms. The summed E-state index contributed by atoms with van der Waals surface area (Å²) in [6.07, 6.45) is 4.95. The minimum atomic E-state index is -3.41. The third-order valence-corrected chi connectivity index (χ3v) is 9.65. The smallest absolute Gasteiger partial charge is 0.196 e. The highest BCUT2D eigenvalue weighted by atomic mass is 32.2. The summed E-state index contributed by atoms with van der Waals surface area (Å²) in [5.74, 6) is 0.344. The first-order chi connectivity index (χ1) is 20.2. The summed E-state index contributed by atoms with van der Waals surface area (Å²) in [7, 11) is 0.113. The Labute approximate surface area is 249 Å². The van der Waals surface area contributed by atoms with E-state index in [4.69, 9.17) is 15.5 Å². The fourth-order valence-electron chi connectivity index (χ4n) is 4.89. The lowest BCUT2D eigenvalue weighted by atomic mass is 9.89. The number of aryl methyl sites for hydroxylation is 1. The molecule has 9 nitrogen and oxygen atoms in total. The zero-order valence-electron chi connectivity index (χ0n) is 23.5. The molecule has 0 spiro atoms. The average Bonchev–Trinajstić information content (AvgIpc) is 3.45. The van der Waals surface area contributed by atoms with Crippen molar-refractivity contribution in [1.82, 2.24) is 14.9 Å². The van der Waals surface area contributed by atoms with E-state index >= 15 is 0 Å². The van der Waals surface area contributed by atoms with E-state index in [1.54, 1.807) is 43.0 Å². The Bertz CT molecular complexity index is 1680. The predicted octanol–water partition coefficient (Wildman–Crippen LogP) is 4.50. The van der Waals surface area contributed by atoms with Gasteiger partial charge in [-0.2, -0.15) is 0 Å². The number of nitrogens with two attached hydrogens (primary N) is 1. The molecule has 0 amide bonds. The van der Waals surface area contributed by atoms with Gasteiger partial charge in [0.15, 0.2) is 14.9 Å². The summed E-state index contributed by atoms with van der Waals surface area (Å²) in [6, 6.07) is 15.1. The van der Waals surface area contributed by atoms with Gasteiger partial charge in [-0.05, 0) is 55.9 Å². The number of hydrogen-bond acceptors (Lipinski definition) is 10. The number of fused-ring (bicyclic) bond motifs is 1. The van der Waals surface area contributed by atoms with Crippen LogP contribution in [0, 0.1) is 5.82 Å². The van der Waals surface area contributed by atoms with Crippen LogP contribution in [0.1, 0.15) is 22.6 Å². The number of thiazole rings is 1. The summed E-state index contributed by atoms with van der Waals surface area (Å²) in [5, 5.41) is 6.22. The standard InChI is InChI=1S/C30H33FN6O3S2/c1-37(13-14-42(38,39)29-10-3-4-11-33-29)12-6-9-28-36-26(19-41-28)23-16-24-25(17-27(23)40-2)34-20-35-30(24,32)18-21-7-5-8-22(31)15-21/h3-5,7-8,10-11,15-17,19-20H,6,9,12-14,18,32H2,1-2H3,(H,34,35). The van der Waals surface area contributed by atoms with E-state index in [0.29, 0.717) is 18.7 Å². The monoisotopic (exact) mass is 608 g/mol. The van der Waals surface area contributed by atoms with Gasteiger partial charge >= 0.3 is 0 Å². The second-order valence-corrected chi connectivity index (χ2v) is 13.3. The molecule has 1 unspecified atom stereocenters. The third-order valence-electron chi connectivity index (χ3n) is 7.14. The molecule has 42 heavy (non-hydrogen) atoms. The molecule has 5 rings (SSSR count). The van der Waals surface area contributed by atoms with Crippen molar-refractivity contribution in [1.29, 1.82) is 0 Å². The van der Waals surface area contributed by atoms with E-state index < -0.39 is 15.5 Å². The molecule has 0 saturated heterocycles. The summed E-state index contributed by atoms with van der Waals surface area (Å²) < 4.78 is 44.6. The minimum absolute atomic E-state index is 0.0147. The Morgan fingerprint density at radius 2 is 2.00 bits per heavy atom. The maximum Gasteiger partial charge on any atom is 0.196 e. The van der Waals surface area contributed by atoms with Crippen LogP contribution in [0.2, 0.25) is 0 Å². The number of aliphatic imine (C=N–C) groups is 1. The first-order valence-corrected chi connectivity index (χ1v) is 16.0. The van der Waals surface area contributed by atoms with Gasteiger partial charge in [0.2, 0.25) is 0 Å². The molecule has 220 valence electrons. The molecule has 1 atom stereocenters. The molecule has 1 aliphatic rings. The first kappa shape index (κ1) is 29.8. The van der Waals surface area contributed by atoms with Crippen molar-refractivity contribution >= 4 is 33.2 Å². The van der Waals surface area contributed by atoms with Crippen LogP contribution in [0.25, 0.3) is 11.3 Å². The van der Waals surface area contributed by atoms with Gasteiger partial charge in [0.1, 0.15) is 17.2 Å². The first-order valence-electron chi connectivity index (χ1n) is 13.5. The van der Waals surface area contributed by atoms with E-state index in [2.05, 4.69) is 15.3 Å². The Balaban J connectivity index is 1.25. The topological polar surface area (TPSA) is 123 Å². The highest BCUT2D eigenvalue weighted by Gasteiger charge is 2.33. The summed E-state index contributed by atoms with van der Waals surface area (Å²) in [6.45, 7) is 1.15. The van der Waals surface area contributed by atoms with Gasteiger partial charge in [-0.1, -0.05) is 18.2 Å². The van der Waals surface area contributed by atoms with E-state index in [-0.39, 0.29) is 16.6 Å². The fourth-order valence-corrected chi connectivity index (χ4v) is 6.99. The number of nitrogens with one attached hydrogen (secondary N) is 1. The molecule has 2 aromatic carbocycles. The Morgan fingerprint density at radius 3 is 2.76 bits per heavy atom. The second-order valence-electron chi connectivity index (χ2n) is 10.3. The number of benzene rings is 2. The molecule has 12 heteroatoms. The number of methoxy groups -OCH3 is 1. The third kappa shape index (κ3) is 6.84. The second kappa shape index (κ2) is 12.7. The van der Waals surface area contributed by atoms with Gasteiger partial charge in [0.25, 0.3) is 0 Å². The van der Waals surface area contributed by atoms with E-state index in [0.717, 1.165) is 52.5 Å². The van der Waals surface area contributed by atoms with E-state index in [1.807, 2.05) is 35.5 Å². The molecule has 2 aromatic heterocycles. The average molecular weight is 609 g/mol. The van der Waals surface area contributed by atoms with Crippen molar-refractivity contribution in [2.24, 2.45) is 10.7 Å². The lowest BCUT2D eigenvalue weighted by Crippen LogP contribution is -2.40. The van der Waals surface area contributed by atoms with Gasteiger partial charge in [-0.3, -0.25) is 0 Å². The lowest BCUT2D eigenvalue weighted by Gasteiger charge is -2.32. The Kier molecular flexibility index (Phi) is 8.97. The van der Waals surface area contributed by atoms with Crippen molar-refractivity contribution in [3.63, 3.8) is 0 Å². The van der Waals surface area contributed by atoms with Crippen molar-refractivity contribution in [2.75, 3.05) is 38.3 Å². The highest BCUT2D eigenvalue weighted by molar-refractivity contribution is 7.91. The Hall–Kier alpha value is -3.71. The van der Waals surface area contributed by atoms with Crippen LogP contribution in [0.15, 0.2) is 76.2 Å². The maximum absolute atomic E-state index is 13.9. The maximum atomic E-state index is 13.9. The molecule has 3 heterocycles. The summed E-state index contributed by atoms with van der Waals surface area (Å²) in [4.78, 5) is 15.4. The van der Waals surface area contributed by atoms with Crippen molar-refractivity contribution in [3.8, 4) is 17.0 Å². The molecular weight excluding hydrogens is 576 g/mol. The van der Waals surface area contributed by atoms with Crippen molar-refractivity contribution in [3.05, 3.63) is 88.1 Å². The number of ether oxygens (including phenoxy) is 1. The molecule has 0 saturated carbocycles. The number of halogens is 1. The van der Waals surface area contributed by atoms with Crippen LogP contribution in [-0.4, -0.2) is 62.6 Å². The quantitative estimate of drug-likeness (QED) is 0.241. The van der Waals surface area contributed by atoms with Gasteiger partial charge in [-0.25, -0.2) is 27.8 Å². The van der Waals surface area contributed by atoms with Gasteiger partial charge in [0.05, 0.1) is 29.9 Å². The zero-order chi connectivity index (χ0) is 29.7. The van der Waals surface area contributed by atoms with Gasteiger partial charge < -0.3 is 20.7 Å². The van der Waals surface area contributed by atoms with Crippen molar-refractivity contribution in [2.45, 2.75) is 30.0 Å². The minimum Gasteiger partial charge on any atom is -0.496 e. The molecule has 0 aliphatic carbocycles. The SMILES string of the molecule is COc1cc2c(cc1-c1csc(CCCN(C)CCS(=O)(=O)c3ccccn3)n1)C(N)(Cc1cccc(F)c1)N=CN2. The largest absolute Gasteiger partial charge is 0.496 e. The van der Waals surface area contributed by atoms with Crippen LogP contribution in [0.5, 0.6) is 5.75 Å². The number of rotatable bonds is 12. The van der Waals surface area contributed by atoms with Crippen LogP contribution < -0.4 is 15.8 Å². The number of hydrogen-bond donors (Lipinski definition) is 2. The predicted molar refractivity (Wildman–Crippen MR) is 164 cm³/mol. The Morgan fingerprint density at radius 1 is 1.14 bits per heavy atom. The number of pyridine rings is 1. The fraction of sp³-hybridized carbons (Fsp3) is 0.300. The summed E-state index contributed by atoms with van der Waals surface area (Å²) in [5.41, 5.74) is 9.56. The molecule has 3 N–H and O–H groups in total. The van der Waals surface area contributed by atoms with Crippen LogP contribution in [0.3, 0.4) is 0 Å². The van der Waals surface area contributed by atoms with Crippen LogP contribution >= 0.6 is 11.3 Å². The summed E-state index contributed by atoms with van der Waals surface area (Å²) >= 11 is 1.56. The zero-order valence-corrected chi connectivity index (χ0v) is 25.1. The van der Waals surface area contributed by atoms with E-state index in [1.165, 1.54) is 24.4 Å². The molecular formula is C30H33FN6O3S2. The number of aromatic nitrogens is 2. The molecule has 0 radical (unpaired) electrons. The van der Waals surface area contributed by atoms with Crippen molar-refractivity contribution < 1.29 is 17.5 Å². The normalized spacial score (nSPS) is 16.3. The van der Waals surface area contributed by atoms with Gasteiger partial charge in [0, 0.05) is 53.8 Å². The lowest BCUT2D eigenvalue weighted by molar-refractivity contribution is 0.347. The number of anilines is 1. The van der Waals surface area contributed by atoms with Gasteiger partial charge in [-0.15, -0.1) is 11.3 Å².